The highest BCUT2D eigenvalue weighted by Gasteiger charge is 2.07. The summed E-state index contributed by atoms with van der Waals surface area (Å²) in [6, 6.07) is 8.55. The molecule has 0 N–H and O–H groups in total. The maximum absolute atomic E-state index is 11.6. The van der Waals surface area contributed by atoms with Gasteiger partial charge in [-0.1, -0.05) is 29.3 Å². The molecule has 0 spiro atoms. The monoisotopic (exact) mass is 374 g/mol. The molecule has 0 unspecified atom stereocenters. The Morgan fingerprint density at radius 1 is 1.25 bits per heavy atom. The third-order valence-electron chi connectivity index (χ3n) is 2.40. The first-order chi connectivity index (χ1) is 9.56. The van der Waals surface area contributed by atoms with Gasteiger partial charge in [0.1, 0.15) is 12.4 Å². The molecular formula is C14H9BrCl2O3. The van der Waals surface area contributed by atoms with Crippen molar-refractivity contribution in [2.45, 2.75) is 6.61 Å². The van der Waals surface area contributed by atoms with Crippen LogP contribution in [0, 0.1) is 0 Å². The summed E-state index contributed by atoms with van der Waals surface area (Å²) in [5.41, 5.74) is 0.582. The minimum atomic E-state index is -0.506. The van der Waals surface area contributed by atoms with E-state index in [0.29, 0.717) is 26.0 Å². The maximum Gasteiger partial charge on any atom is 0.331 e. The summed E-state index contributed by atoms with van der Waals surface area (Å²) >= 11 is 15.1. The van der Waals surface area contributed by atoms with E-state index in [1.807, 2.05) is 0 Å². The summed E-state index contributed by atoms with van der Waals surface area (Å²) in [6.45, 7) is 0.0174. The van der Waals surface area contributed by atoms with Gasteiger partial charge >= 0.3 is 5.97 Å². The Hall–Kier alpha value is -1.23. The molecule has 20 heavy (non-hydrogen) atoms. The zero-order valence-corrected chi connectivity index (χ0v) is 13.2. The summed E-state index contributed by atoms with van der Waals surface area (Å²) in [5.74, 6) is 0.0399. The van der Waals surface area contributed by atoms with Crippen LogP contribution in [0.15, 0.2) is 45.5 Å². The van der Waals surface area contributed by atoms with Crippen molar-refractivity contribution in [1.82, 2.24) is 0 Å². The van der Waals surface area contributed by atoms with Crippen LogP contribution < -0.4 is 0 Å². The predicted octanol–water partition coefficient (Wildman–Crippen LogP) is 5.11. The second-order valence-electron chi connectivity index (χ2n) is 3.78. The van der Waals surface area contributed by atoms with Gasteiger partial charge in [0.05, 0.1) is 0 Å². The Morgan fingerprint density at radius 3 is 2.55 bits per heavy atom. The molecule has 0 aliphatic carbocycles. The van der Waals surface area contributed by atoms with Crippen LogP contribution in [-0.4, -0.2) is 5.97 Å². The van der Waals surface area contributed by atoms with Gasteiger partial charge in [-0.3, -0.25) is 0 Å². The van der Waals surface area contributed by atoms with E-state index >= 15 is 0 Å². The van der Waals surface area contributed by atoms with Crippen molar-refractivity contribution in [2.24, 2.45) is 0 Å². The minimum Gasteiger partial charge on any atom is -0.458 e. The highest BCUT2D eigenvalue weighted by molar-refractivity contribution is 9.10. The lowest BCUT2D eigenvalue weighted by Crippen LogP contribution is -2.01. The number of ether oxygens (including phenoxy) is 1. The molecule has 2 rings (SSSR count). The number of halogens is 3. The third-order valence-corrected chi connectivity index (χ3v) is 3.53. The molecule has 1 aromatic carbocycles. The van der Waals surface area contributed by atoms with Gasteiger partial charge in [0.15, 0.2) is 4.67 Å². The quantitative estimate of drug-likeness (QED) is 0.550. The van der Waals surface area contributed by atoms with Crippen LogP contribution >= 0.6 is 39.1 Å². The molecule has 1 heterocycles. The molecule has 0 saturated carbocycles. The smallest absolute Gasteiger partial charge is 0.331 e. The highest BCUT2D eigenvalue weighted by Crippen LogP contribution is 2.25. The van der Waals surface area contributed by atoms with Gasteiger partial charge < -0.3 is 9.15 Å². The normalized spacial score (nSPS) is 10.9. The second-order valence-corrected chi connectivity index (χ2v) is 5.38. The second kappa shape index (κ2) is 6.97. The zero-order chi connectivity index (χ0) is 14.5. The molecule has 1 aromatic heterocycles. The fourth-order valence-electron chi connectivity index (χ4n) is 1.43. The predicted molar refractivity (Wildman–Crippen MR) is 81.7 cm³/mol. The van der Waals surface area contributed by atoms with Gasteiger partial charge in [-0.05, 0) is 46.3 Å². The van der Waals surface area contributed by atoms with Gasteiger partial charge in [-0.25, -0.2) is 4.79 Å². The number of rotatable bonds is 4. The van der Waals surface area contributed by atoms with Gasteiger partial charge in [0.2, 0.25) is 0 Å². The molecule has 0 amide bonds. The average molecular weight is 376 g/mol. The molecule has 0 bridgehead atoms. The summed E-state index contributed by atoms with van der Waals surface area (Å²) in [6.07, 6.45) is 2.79. The number of hydrogen-bond donors (Lipinski definition) is 0. The summed E-state index contributed by atoms with van der Waals surface area (Å²) in [7, 11) is 0. The van der Waals surface area contributed by atoms with Gasteiger partial charge in [-0.15, -0.1) is 0 Å². The van der Waals surface area contributed by atoms with Gasteiger partial charge in [0.25, 0.3) is 0 Å². The van der Waals surface area contributed by atoms with E-state index in [-0.39, 0.29) is 6.61 Å². The molecule has 0 aliphatic heterocycles. The van der Waals surface area contributed by atoms with Crippen molar-refractivity contribution in [1.29, 1.82) is 0 Å². The Bertz CT molecular complexity index is 629. The molecule has 0 radical (unpaired) electrons. The van der Waals surface area contributed by atoms with Crippen molar-refractivity contribution in [2.75, 3.05) is 0 Å². The van der Waals surface area contributed by atoms with E-state index in [1.165, 1.54) is 12.2 Å². The van der Waals surface area contributed by atoms with Crippen molar-refractivity contribution >= 4 is 51.2 Å². The number of carbonyl (C=O) groups excluding carboxylic acids is 1. The standard InChI is InChI=1S/C14H9BrCl2O3/c15-13-6-4-9(20-13)5-7-14(18)19-8-10-11(16)2-1-3-12(10)17/h1-7H,8H2. The molecule has 0 atom stereocenters. The van der Waals surface area contributed by atoms with Crippen LogP contribution in [0.5, 0.6) is 0 Å². The van der Waals surface area contributed by atoms with E-state index in [1.54, 1.807) is 30.3 Å². The van der Waals surface area contributed by atoms with Crippen molar-refractivity contribution < 1.29 is 13.9 Å². The summed E-state index contributed by atoms with van der Waals surface area (Å²) in [5, 5.41) is 0.925. The van der Waals surface area contributed by atoms with Crippen LogP contribution in [0.1, 0.15) is 11.3 Å². The van der Waals surface area contributed by atoms with Crippen LogP contribution in [0.25, 0.3) is 6.08 Å². The van der Waals surface area contributed by atoms with Crippen LogP contribution in [0.3, 0.4) is 0 Å². The number of benzene rings is 1. The first kappa shape index (κ1) is 15.2. The van der Waals surface area contributed by atoms with Crippen molar-refractivity contribution in [3.05, 3.63) is 62.4 Å². The van der Waals surface area contributed by atoms with Crippen molar-refractivity contribution in [3.63, 3.8) is 0 Å². The fourth-order valence-corrected chi connectivity index (χ4v) is 2.26. The largest absolute Gasteiger partial charge is 0.458 e. The molecule has 0 saturated heterocycles. The number of hydrogen-bond acceptors (Lipinski definition) is 3. The summed E-state index contributed by atoms with van der Waals surface area (Å²) in [4.78, 5) is 11.6. The van der Waals surface area contributed by atoms with E-state index in [2.05, 4.69) is 15.9 Å². The molecule has 0 aliphatic rings. The number of carbonyl (C=O) groups is 1. The molecule has 3 nitrogen and oxygen atoms in total. The molecule has 6 heteroatoms. The highest BCUT2D eigenvalue weighted by atomic mass is 79.9. The first-order valence-corrected chi connectivity index (χ1v) is 7.14. The van der Waals surface area contributed by atoms with Crippen molar-refractivity contribution in [3.8, 4) is 0 Å². The van der Waals surface area contributed by atoms with Gasteiger partial charge in [0, 0.05) is 21.7 Å². The lowest BCUT2D eigenvalue weighted by molar-refractivity contribution is -0.138. The van der Waals surface area contributed by atoms with Gasteiger partial charge in [-0.2, -0.15) is 0 Å². The van der Waals surface area contributed by atoms with Crippen LogP contribution in [-0.2, 0) is 16.1 Å². The lowest BCUT2D eigenvalue weighted by atomic mass is 10.2. The van der Waals surface area contributed by atoms with Crippen LogP contribution in [0.2, 0.25) is 10.0 Å². The van der Waals surface area contributed by atoms with E-state index in [0.717, 1.165) is 0 Å². The Kier molecular flexibility index (Phi) is 5.29. The fraction of sp³-hybridized carbons (Fsp3) is 0.0714. The zero-order valence-electron chi connectivity index (χ0n) is 10.1. The van der Waals surface area contributed by atoms with Crippen LogP contribution in [0.4, 0.5) is 0 Å². The molecule has 104 valence electrons. The third kappa shape index (κ3) is 4.13. The SMILES string of the molecule is O=C(C=Cc1ccc(Br)o1)OCc1c(Cl)cccc1Cl. The minimum absolute atomic E-state index is 0.0174. The molecule has 0 fully saturated rings. The number of esters is 1. The van der Waals surface area contributed by atoms with E-state index in [4.69, 9.17) is 32.4 Å². The van der Waals surface area contributed by atoms with E-state index in [9.17, 15) is 4.79 Å². The Labute approximate surface area is 134 Å². The first-order valence-electron chi connectivity index (χ1n) is 5.59. The topological polar surface area (TPSA) is 39.4 Å². The maximum atomic E-state index is 11.6. The Balaban J connectivity index is 1.94. The molecule has 2 aromatic rings. The molecular weight excluding hydrogens is 367 g/mol. The average Bonchev–Trinajstić information content (AvgIpc) is 2.82. The number of furan rings is 1. The lowest BCUT2D eigenvalue weighted by Gasteiger charge is -2.06. The summed E-state index contributed by atoms with van der Waals surface area (Å²) < 4.78 is 10.9. The Morgan fingerprint density at radius 2 is 1.95 bits per heavy atom. The van der Waals surface area contributed by atoms with E-state index < -0.39 is 5.97 Å².